The quantitative estimate of drug-likeness (QED) is 0.443. The zero-order chi connectivity index (χ0) is 26.4. The van der Waals surface area contributed by atoms with Crippen LogP contribution in [0.1, 0.15) is 34.2 Å². The predicted octanol–water partition coefficient (Wildman–Crippen LogP) is 4.56. The maximum Gasteiger partial charge on any atom is 0.314 e. The Kier molecular flexibility index (Phi) is 6.36. The molecule has 1 saturated heterocycles. The molecule has 1 aromatic heterocycles. The minimum absolute atomic E-state index is 0.0986. The smallest absolute Gasteiger partial charge is 0.314 e. The summed E-state index contributed by atoms with van der Waals surface area (Å²) in [5.74, 6) is 1.81. The first-order valence-corrected chi connectivity index (χ1v) is 13.3. The maximum atomic E-state index is 12.7. The van der Waals surface area contributed by atoms with E-state index < -0.39 is 5.41 Å². The summed E-state index contributed by atoms with van der Waals surface area (Å²) in [5, 5.41) is 3.44. The number of aromatic nitrogens is 1. The number of fused-ring (bicyclic) bond motifs is 2. The molecule has 0 radical (unpaired) electrons. The Hall–Kier alpha value is -3.42. The van der Waals surface area contributed by atoms with Crippen molar-refractivity contribution in [1.82, 2.24) is 10.3 Å². The van der Waals surface area contributed by atoms with Crippen molar-refractivity contribution in [1.29, 1.82) is 0 Å². The van der Waals surface area contributed by atoms with Crippen molar-refractivity contribution >= 4 is 11.8 Å². The molecule has 7 heteroatoms. The first-order valence-electron chi connectivity index (χ1n) is 13.3. The van der Waals surface area contributed by atoms with E-state index in [1.165, 1.54) is 29.4 Å². The summed E-state index contributed by atoms with van der Waals surface area (Å²) in [5.41, 5.74) is 7.63. The molecule has 0 bridgehead atoms. The van der Waals surface area contributed by atoms with Crippen LogP contribution in [-0.2, 0) is 34.0 Å². The Morgan fingerprint density at radius 3 is 2.76 bits per heavy atom. The fraction of sp³-hybridized carbons (Fsp3) is 0.419. The summed E-state index contributed by atoms with van der Waals surface area (Å²) in [6.07, 6.45) is 0.845. The Bertz CT molecular complexity index is 1390. The van der Waals surface area contributed by atoms with Crippen LogP contribution in [0, 0.1) is 25.2 Å². The molecule has 38 heavy (non-hydrogen) atoms. The van der Waals surface area contributed by atoms with E-state index in [1.807, 2.05) is 24.3 Å². The molecular formula is C31H35N3O4. The first kappa shape index (κ1) is 24.9. The van der Waals surface area contributed by atoms with E-state index in [-0.39, 0.29) is 17.9 Å². The molecule has 3 aromatic rings. The number of methoxy groups -OCH3 is 2. The van der Waals surface area contributed by atoms with Crippen LogP contribution in [0.3, 0.4) is 0 Å². The lowest BCUT2D eigenvalue weighted by molar-refractivity contribution is -0.148. The Morgan fingerprint density at radius 2 is 1.95 bits per heavy atom. The SMILES string of the molecule is COC[C@H]1N(c2cccc(-c3cccc(C)c3OCc3cc(C)c4c(c3)CNC4)n2)C[C@@H]2C[C@@]21C(=O)OC. The van der Waals surface area contributed by atoms with Gasteiger partial charge in [0.1, 0.15) is 18.2 Å². The predicted molar refractivity (Wildman–Crippen MR) is 146 cm³/mol. The van der Waals surface area contributed by atoms with Crippen molar-refractivity contribution in [2.75, 3.05) is 32.3 Å². The lowest BCUT2D eigenvalue weighted by Gasteiger charge is -2.31. The highest BCUT2D eigenvalue weighted by atomic mass is 16.5. The minimum Gasteiger partial charge on any atom is -0.488 e. The second-order valence-electron chi connectivity index (χ2n) is 10.8. The van der Waals surface area contributed by atoms with Crippen molar-refractivity contribution in [2.45, 2.75) is 46.0 Å². The highest BCUT2D eigenvalue weighted by molar-refractivity contribution is 5.84. The average molecular weight is 514 g/mol. The number of benzene rings is 2. The topological polar surface area (TPSA) is 72.9 Å². The number of nitrogens with one attached hydrogen (secondary N) is 1. The number of nitrogens with zero attached hydrogens (tertiary/aromatic N) is 2. The van der Waals surface area contributed by atoms with Crippen LogP contribution in [0.25, 0.3) is 11.3 Å². The van der Waals surface area contributed by atoms with E-state index >= 15 is 0 Å². The fourth-order valence-electron chi connectivity index (χ4n) is 6.57. The van der Waals surface area contributed by atoms with Crippen LogP contribution in [0.4, 0.5) is 5.82 Å². The van der Waals surface area contributed by atoms with Gasteiger partial charge in [-0.25, -0.2) is 4.98 Å². The van der Waals surface area contributed by atoms with E-state index in [1.54, 1.807) is 7.11 Å². The van der Waals surface area contributed by atoms with Crippen molar-refractivity contribution in [3.8, 4) is 17.0 Å². The van der Waals surface area contributed by atoms with Gasteiger partial charge in [0.25, 0.3) is 0 Å². The monoisotopic (exact) mass is 513 g/mol. The molecule has 0 unspecified atom stereocenters. The molecule has 6 rings (SSSR count). The third-order valence-electron chi connectivity index (χ3n) is 8.57. The third kappa shape index (κ3) is 4.05. The van der Waals surface area contributed by atoms with Gasteiger partial charge >= 0.3 is 5.97 Å². The largest absolute Gasteiger partial charge is 0.488 e. The van der Waals surface area contributed by atoms with Gasteiger partial charge < -0.3 is 24.4 Å². The lowest BCUT2D eigenvalue weighted by atomic mass is 9.96. The number of carbonyl (C=O) groups excluding carboxylic acids is 1. The second-order valence-corrected chi connectivity index (χ2v) is 10.8. The number of rotatable bonds is 8. The fourth-order valence-corrected chi connectivity index (χ4v) is 6.57. The van der Waals surface area contributed by atoms with Crippen LogP contribution in [0.2, 0.25) is 0 Å². The molecule has 3 heterocycles. The number of hydrogen-bond donors (Lipinski definition) is 1. The number of carbonyl (C=O) groups is 1. The molecule has 0 spiro atoms. The van der Waals surface area contributed by atoms with Gasteiger partial charge in [0, 0.05) is 32.3 Å². The number of ether oxygens (including phenoxy) is 3. The number of aryl methyl sites for hydroxylation is 2. The van der Waals surface area contributed by atoms with Gasteiger partial charge in [-0.3, -0.25) is 4.79 Å². The summed E-state index contributed by atoms with van der Waals surface area (Å²) in [6.45, 7) is 7.81. The van der Waals surface area contributed by atoms with Crippen molar-refractivity contribution < 1.29 is 19.0 Å². The number of para-hydroxylation sites is 1. The van der Waals surface area contributed by atoms with Crippen molar-refractivity contribution in [3.05, 3.63) is 76.3 Å². The van der Waals surface area contributed by atoms with Gasteiger partial charge in [0.2, 0.25) is 0 Å². The second kappa shape index (κ2) is 9.71. The summed E-state index contributed by atoms with van der Waals surface area (Å²) in [6, 6.07) is 16.6. The van der Waals surface area contributed by atoms with Crippen LogP contribution in [0.15, 0.2) is 48.5 Å². The third-order valence-corrected chi connectivity index (χ3v) is 8.57. The maximum absolute atomic E-state index is 12.7. The van der Waals surface area contributed by atoms with Crippen LogP contribution >= 0.6 is 0 Å². The molecule has 3 atom stereocenters. The van der Waals surface area contributed by atoms with E-state index in [0.717, 1.165) is 54.4 Å². The molecule has 2 aromatic carbocycles. The number of pyridine rings is 1. The van der Waals surface area contributed by atoms with E-state index in [9.17, 15) is 4.79 Å². The van der Waals surface area contributed by atoms with Gasteiger partial charge in [0.05, 0.1) is 30.9 Å². The minimum atomic E-state index is -0.496. The van der Waals surface area contributed by atoms with Gasteiger partial charge in [0.15, 0.2) is 0 Å². The highest BCUT2D eigenvalue weighted by Crippen LogP contribution is 2.62. The molecule has 1 aliphatic carbocycles. The van der Waals surface area contributed by atoms with Gasteiger partial charge in [-0.2, -0.15) is 0 Å². The molecule has 3 aliphatic rings. The molecule has 2 fully saturated rings. The molecule has 7 nitrogen and oxygen atoms in total. The van der Waals surface area contributed by atoms with Crippen LogP contribution < -0.4 is 15.0 Å². The number of anilines is 1. The zero-order valence-electron chi connectivity index (χ0n) is 22.5. The summed E-state index contributed by atoms with van der Waals surface area (Å²) >= 11 is 0. The molecule has 0 amide bonds. The Labute approximate surface area is 224 Å². The lowest BCUT2D eigenvalue weighted by Crippen LogP contribution is -2.44. The van der Waals surface area contributed by atoms with Gasteiger partial charge in [-0.1, -0.05) is 30.3 Å². The van der Waals surface area contributed by atoms with Crippen LogP contribution in [0.5, 0.6) is 5.75 Å². The van der Waals surface area contributed by atoms with E-state index in [2.05, 4.69) is 48.3 Å². The number of hydrogen-bond acceptors (Lipinski definition) is 7. The van der Waals surface area contributed by atoms with Gasteiger partial charge in [-0.15, -0.1) is 0 Å². The van der Waals surface area contributed by atoms with Crippen molar-refractivity contribution in [2.24, 2.45) is 11.3 Å². The molecule has 2 aliphatic heterocycles. The summed E-state index contributed by atoms with van der Waals surface area (Å²) in [7, 11) is 3.15. The molecule has 1 N–H and O–H groups in total. The Morgan fingerprint density at radius 1 is 1.11 bits per heavy atom. The zero-order valence-corrected chi connectivity index (χ0v) is 22.5. The average Bonchev–Trinajstić information content (AvgIpc) is 3.28. The summed E-state index contributed by atoms with van der Waals surface area (Å²) < 4.78 is 17.2. The molecule has 1 saturated carbocycles. The Balaban J connectivity index is 1.29. The van der Waals surface area contributed by atoms with Gasteiger partial charge in [-0.05, 0) is 72.2 Å². The molecular weight excluding hydrogens is 478 g/mol. The first-order chi connectivity index (χ1) is 18.5. The summed E-state index contributed by atoms with van der Waals surface area (Å²) in [4.78, 5) is 20.0. The number of piperidine rings is 1. The molecule has 198 valence electrons. The normalized spacial score (nSPS) is 23.2. The van der Waals surface area contributed by atoms with E-state index in [0.29, 0.717) is 13.2 Å². The highest BCUT2D eigenvalue weighted by Gasteiger charge is 2.71. The number of esters is 1. The standard InChI is InChI=1S/C31H35N3O4/c1-19-7-5-8-24(29(19)38-17-21-11-20(2)25-15-32-14-22(25)12-21)26-9-6-10-28(33-26)34-16-23-13-31(23,30(35)37-4)27(34)18-36-3/h5-12,23,27,32H,13-18H2,1-4H3/t23-,27+,31+/m0/s1. The van der Waals surface area contributed by atoms with Crippen LogP contribution in [-0.4, -0.2) is 44.4 Å². The van der Waals surface area contributed by atoms with Crippen molar-refractivity contribution in [3.63, 3.8) is 0 Å². The van der Waals surface area contributed by atoms with E-state index in [4.69, 9.17) is 19.2 Å².